The van der Waals surface area contributed by atoms with Crippen molar-refractivity contribution in [2.75, 3.05) is 13.1 Å². The zero-order valence-corrected chi connectivity index (χ0v) is 21.0. The van der Waals surface area contributed by atoms with Crippen LogP contribution in [0, 0.1) is 0 Å². The molecule has 0 saturated heterocycles. The number of nitrogens with one attached hydrogen (secondary N) is 1. The van der Waals surface area contributed by atoms with Crippen LogP contribution in [0.2, 0.25) is 0 Å². The van der Waals surface area contributed by atoms with E-state index in [9.17, 15) is 18.0 Å². The van der Waals surface area contributed by atoms with Crippen LogP contribution in [0.5, 0.6) is 11.5 Å². The number of benzene rings is 4. The SMILES string of the molecule is O=C(OCc1ccc(COc2ccccc2C(F)(F)F)cc1C1=CCNCC1)Oc1cccc2ccccc12. The van der Waals surface area contributed by atoms with Crippen molar-refractivity contribution in [3.05, 3.63) is 113 Å². The normalized spacial score (nSPS) is 13.6. The maximum atomic E-state index is 13.4. The average Bonchev–Trinajstić information content (AvgIpc) is 2.95. The molecule has 0 atom stereocenters. The van der Waals surface area contributed by atoms with E-state index in [4.69, 9.17) is 14.2 Å². The molecule has 0 saturated carbocycles. The van der Waals surface area contributed by atoms with Crippen LogP contribution in [0.25, 0.3) is 16.3 Å². The molecular weight excluding hydrogens is 507 g/mol. The third-order valence-corrected chi connectivity index (χ3v) is 6.46. The molecule has 0 spiro atoms. The summed E-state index contributed by atoms with van der Waals surface area (Å²) < 4.78 is 56.6. The quantitative estimate of drug-likeness (QED) is 0.197. The number of fused-ring (bicyclic) bond motifs is 1. The maximum absolute atomic E-state index is 13.4. The number of rotatable bonds is 7. The van der Waals surface area contributed by atoms with Crippen molar-refractivity contribution in [3.63, 3.8) is 0 Å². The van der Waals surface area contributed by atoms with Gasteiger partial charge in [0.1, 0.15) is 24.7 Å². The molecule has 200 valence electrons. The van der Waals surface area contributed by atoms with Crippen molar-refractivity contribution in [1.82, 2.24) is 5.32 Å². The molecular formula is C31H26F3NO4. The topological polar surface area (TPSA) is 56.8 Å². The summed E-state index contributed by atoms with van der Waals surface area (Å²) in [5, 5.41) is 5.01. The summed E-state index contributed by atoms with van der Waals surface area (Å²) in [6.45, 7) is 1.41. The smallest absolute Gasteiger partial charge is 0.488 e. The van der Waals surface area contributed by atoms with Crippen LogP contribution in [-0.2, 0) is 24.1 Å². The first-order valence-corrected chi connectivity index (χ1v) is 12.5. The van der Waals surface area contributed by atoms with Crippen LogP contribution in [0.3, 0.4) is 0 Å². The van der Waals surface area contributed by atoms with Crippen molar-refractivity contribution >= 4 is 22.5 Å². The van der Waals surface area contributed by atoms with Crippen molar-refractivity contribution in [1.29, 1.82) is 0 Å². The van der Waals surface area contributed by atoms with Gasteiger partial charge in [0.05, 0.1) is 5.56 Å². The lowest BCUT2D eigenvalue weighted by Crippen LogP contribution is -2.20. The Balaban J connectivity index is 1.32. The van der Waals surface area contributed by atoms with Crippen LogP contribution >= 0.6 is 0 Å². The predicted octanol–water partition coefficient (Wildman–Crippen LogP) is 7.53. The number of ether oxygens (including phenoxy) is 3. The first-order valence-electron chi connectivity index (χ1n) is 12.5. The van der Waals surface area contributed by atoms with E-state index in [-0.39, 0.29) is 19.0 Å². The Kier molecular flexibility index (Phi) is 7.84. The summed E-state index contributed by atoms with van der Waals surface area (Å²) in [6, 6.07) is 23.6. The lowest BCUT2D eigenvalue weighted by Gasteiger charge is -2.19. The number of carbonyl (C=O) groups excluding carboxylic acids is 1. The van der Waals surface area contributed by atoms with Crippen molar-refractivity contribution in [2.24, 2.45) is 0 Å². The molecule has 5 rings (SSSR count). The van der Waals surface area contributed by atoms with E-state index in [1.807, 2.05) is 36.4 Å². The highest BCUT2D eigenvalue weighted by Crippen LogP contribution is 2.36. The molecule has 0 fully saturated rings. The number of hydrogen-bond acceptors (Lipinski definition) is 5. The zero-order chi connectivity index (χ0) is 27.2. The van der Waals surface area contributed by atoms with Gasteiger partial charge in [-0.1, -0.05) is 66.7 Å². The molecule has 1 N–H and O–H groups in total. The van der Waals surface area contributed by atoms with E-state index in [0.29, 0.717) is 17.9 Å². The number of hydrogen-bond donors (Lipinski definition) is 1. The van der Waals surface area contributed by atoms with E-state index in [0.717, 1.165) is 46.5 Å². The van der Waals surface area contributed by atoms with Gasteiger partial charge in [-0.05, 0) is 64.9 Å². The highest BCUT2D eigenvalue weighted by atomic mass is 19.4. The number of carbonyl (C=O) groups is 1. The van der Waals surface area contributed by atoms with E-state index < -0.39 is 17.9 Å². The molecule has 1 aliphatic rings. The van der Waals surface area contributed by atoms with Gasteiger partial charge in [0, 0.05) is 11.9 Å². The molecule has 0 radical (unpaired) electrons. The highest BCUT2D eigenvalue weighted by Gasteiger charge is 2.34. The molecule has 8 heteroatoms. The Hall–Kier alpha value is -4.30. The molecule has 1 heterocycles. The van der Waals surface area contributed by atoms with Crippen LogP contribution in [-0.4, -0.2) is 19.2 Å². The number of halogens is 3. The molecule has 0 bridgehead atoms. The highest BCUT2D eigenvalue weighted by molar-refractivity contribution is 5.89. The van der Waals surface area contributed by atoms with E-state index in [1.54, 1.807) is 24.3 Å². The van der Waals surface area contributed by atoms with Crippen molar-refractivity contribution in [2.45, 2.75) is 25.8 Å². The molecule has 0 aromatic heterocycles. The lowest BCUT2D eigenvalue weighted by atomic mass is 9.94. The Morgan fingerprint density at radius 3 is 2.46 bits per heavy atom. The van der Waals surface area contributed by atoms with Gasteiger partial charge in [0.25, 0.3) is 0 Å². The standard InChI is InChI=1S/C31H26F3NO4/c32-31(33,34)27-9-3-4-10-29(27)37-19-21-12-13-24(26(18-21)23-14-16-35-17-15-23)20-38-30(36)39-28-11-5-7-22-6-1-2-8-25(22)28/h1-14,18,35H,15-17,19-20H2. The van der Waals surface area contributed by atoms with Crippen LogP contribution < -0.4 is 14.8 Å². The second-order valence-corrected chi connectivity index (χ2v) is 9.08. The van der Waals surface area contributed by atoms with Crippen LogP contribution in [0.4, 0.5) is 18.0 Å². The Morgan fingerprint density at radius 2 is 1.64 bits per heavy atom. The number of alkyl halides is 3. The molecule has 0 aliphatic carbocycles. The summed E-state index contributed by atoms with van der Waals surface area (Å²) in [7, 11) is 0. The van der Waals surface area contributed by atoms with Gasteiger partial charge >= 0.3 is 12.3 Å². The molecule has 39 heavy (non-hydrogen) atoms. The lowest BCUT2D eigenvalue weighted by molar-refractivity contribution is -0.139. The van der Waals surface area contributed by atoms with Gasteiger partial charge in [-0.2, -0.15) is 13.2 Å². The van der Waals surface area contributed by atoms with Crippen molar-refractivity contribution < 1.29 is 32.2 Å². The fraction of sp³-hybridized carbons (Fsp3) is 0.194. The molecule has 1 aliphatic heterocycles. The second-order valence-electron chi connectivity index (χ2n) is 9.08. The molecule has 5 nitrogen and oxygen atoms in total. The average molecular weight is 534 g/mol. The third-order valence-electron chi connectivity index (χ3n) is 6.46. The molecule has 4 aromatic carbocycles. The summed E-state index contributed by atoms with van der Waals surface area (Å²) in [5.74, 6) is 0.183. The second kappa shape index (κ2) is 11.6. The summed E-state index contributed by atoms with van der Waals surface area (Å²) in [4.78, 5) is 12.6. The number of para-hydroxylation sites is 1. The third kappa shape index (κ3) is 6.41. The predicted molar refractivity (Wildman–Crippen MR) is 142 cm³/mol. The van der Waals surface area contributed by atoms with Gasteiger partial charge in [-0.15, -0.1) is 0 Å². The first kappa shape index (κ1) is 26.3. The van der Waals surface area contributed by atoms with Crippen LogP contribution in [0.15, 0.2) is 91.0 Å². The van der Waals surface area contributed by atoms with Gasteiger partial charge in [-0.25, -0.2) is 4.79 Å². The fourth-order valence-electron chi connectivity index (χ4n) is 4.53. The fourth-order valence-corrected chi connectivity index (χ4v) is 4.53. The molecule has 0 unspecified atom stereocenters. The summed E-state index contributed by atoms with van der Waals surface area (Å²) in [6.07, 6.45) is -2.52. The largest absolute Gasteiger partial charge is 0.514 e. The summed E-state index contributed by atoms with van der Waals surface area (Å²) >= 11 is 0. The van der Waals surface area contributed by atoms with Gasteiger partial charge in [-0.3, -0.25) is 0 Å². The monoisotopic (exact) mass is 533 g/mol. The van der Waals surface area contributed by atoms with Gasteiger partial charge in [0.2, 0.25) is 0 Å². The summed E-state index contributed by atoms with van der Waals surface area (Å²) in [5.41, 5.74) is 2.56. The Bertz CT molecular complexity index is 1510. The first-order chi connectivity index (χ1) is 18.9. The minimum absolute atomic E-state index is 0.0260. The maximum Gasteiger partial charge on any atom is 0.514 e. The van der Waals surface area contributed by atoms with Gasteiger partial charge < -0.3 is 19.5 Å². The minimum Gasteiger partial charge on any atom is -0.488 e. The molecule has 0 amide bonds. The Labute approximate surface area is 223 Å². The van der Waals surface area contributed by atoms with E-state index in [1.165, 1.54) is 18.2 Å². The van der Waals surface area contributed by atoms with Crippen molar-refractivity contribution in [3.8, 4) is 11.5 Å². The van der Waals surface area contributed by atoms with E-state index >= 15 is 0 Å². The minimum atomic E-state index is -4.51. The van der Waals surface area contributed by atoms with E-state index in [2.05, 4.69) is 11.4 Å². The Morgan fingerprint density at radius 1 is 0.872 bits per heavy atom. The van der Waals surface area contributed by atoms with Crippen LogP contribution in [0.1, 0.15) is 28.7 Å². The molecule has 4 aromatic rings. The zero-order valence-electron chi connectivity index (χ0n) is 21.0. The van der Waals surface area contributed by atoms with Gasteiger partial charge in [0.15, 0.2) is 0 Å².